The van der Waals surface area contributed by atoms with E-state index in [2.05, 4.69) is 16.0 Å². The zero-order chi connectivity index (χ0) is 29.1. The van der Waals surface area contributed by atoms with Crippen LogP contribution in [0.15, 0.2) is 54.6 Å². The second-order valence-electron chi connectivity index (χ2n) is 10.6. The zero-order valence-corrected chi connectivity index (χ0v) is 24.1. The van der Waals surface area contributed by atoms with E-state index >= 15 is 0 Å². The van der Waals surface area contributed by atoms with Gasteiger partial charge in [-0.1, -0.05) is 68.8 Å². The number of carbonyl (C=O) groups is 3. The largest absolute Gasteiger partial charge is 0.492 e. The Morgan fingerprint density at radius 3 is 2.40 bits per heavy atom. The summed E-state index contributed by atoms with van der Waals surface area (Å²) in [6, 6.07) is 14.6. The van der Waals surface area contributed by atoms with Crippen molar-refractivity contribution in [1.82, 2.24) is 20.9 Å². The van der Waals surface area contributed by atoms with E-state index in [1.165, 1.54) is 18.9 Å². The lowest BCUT2D eigenvalue weighted by molar-refractivity contribution is -0.146. The van der Waals surface area contributed by atoms with E-state index in [0.29, 0.717) is 32.5 Å². The van der Waals surface area contributed by atoms with Gasteiger partial charge in [0, 0.05) is 26.6 Å². The number of fused-ring (bicyclic) bond motifs is 1. The normalized spacial score (nSPS) is 23.5. The number of hydrogen-bond donors (Lipinski definition) is 4. The summed E-state index contributed by atoms with van der Waals surface area (Å²) in [7, 11) is 1.52. The number of ether oxygens (including phenoxy) is 1. The molecule has 0 saturated heterocycles. The van der Waals surface area contributed by atoms with Gasteiger partial charge >= 0.3 is 0 Å². The van der Waals surface area contributed by atoms with E-state index in [9.17, 15) is 19.5 Å². The predicted molar refractivity (Wildman–Crippen MR) is 155 cm³/mol. The number of nitrogens with zero attached hydrogens (tertiary/aromatic N) is 1. The highest BCUT2D eigenvalue weighted by Crippen LogP contribution is 2.20. The molecule has 0 radical (unpaired) electrons. The molecule has 3 rings (SSSR count). The third kappa shape index (κ3) is 8.53. The molecule has 3 amide bonds. The summed E-state index contributed by atoms with van der Waals surface area (Å²) < 4.78 is 6.06. The van der Waals surface area contributed by atoms with Crippen molar-refractivity contribution in [2.75, 3.05) is 26.7 Å². The molecule has 0 aliphatic carbocycles. The van der Waals surface area contributed by atoms with Crippen molar-refractivity contribution in [2.45, 2.75) is 70.7 Å². The number of carbonyl (C=O) groups excluding carboxylic acids is 3. The number of hydrogen-bond acceptors (Lipinski definition) is 6. The van der Waals surface area contributed by atoms with Crippen LogP contribution in [0.25, 0.3) is 0 Å². The van der Waals surface area contributed by atoms with Gasteiger partial charge in [-0.15, -0.1) is 0 Å². The summed E-state index contributed by atoms with van der Waals surface area (Å²) >= 11 is 0. The molecule has 9 nitrogen and oxygen atoms in total. The summed E-state index contributed by atoms with van der Waals surface area (Å²) in [6.07, 6.45) is 1.27. The third-order valence-corrected chi connectivity index (χ3v) is 7.50. The summed E-state index contributed by atoms with van der Waals surface area (Å²) in [5.41, 5.74) is 1.93. The van der Waals surface area contributed by atoms with Crippen molar-refractivity contribution in [1.29, 1.82) is 0 Å². The first-order valence-electron chi connectivity index (χ1n) is 14.2. The number of nitrogens with one attached hydrogen (secondary N) is 3. The molecule has 0 spiro atoms. The first kappa shape index (κ1) is 31.1. The van der Waals surface area contributed by atoms with Crippen LogP contribution in [0.1, 0.15) is 44.7 Å². The topological polar surface area (TPSA) is 120 Å². The van der Waals surface area contributed by atoms with E-state index in [1.807, 2.05) is 68.4 Å². The minimum Gasteiger partial charge on any atom is -0.492 e. The average Bonchev–Trinajstić information content (AvgIpc) is 2.94. The van der Waals surface area contributed by atoms with Gasteiger partial charge in [0.05, 0.1) is 12.1 Å². The van der Waals surface area contributed by atoms with Crippen molar-refractivity contribution in [3.8, 4) is 5.75 Å². The standard InChI is InChI=1S/C31H44N4O5/c1-5-21(2)27-31(39)35(4)28(22(3)36)30(38)34-25(20-23-12-7-6-8-13-23)29(37)33-17-11-15-24-14-9-10-16-26(24)40-19-18-32-27/h6-10,12-14,16,21-22,25,27-28,32,36H,5,11,15,17-20H2,1-4H3,(H,33,37)(H,34,38)/t21?,22-,25+,27-,28?/m0/s1. The van der Waals surface area contributed by atoms with Gasteiger partial charge in [-0.2, -0.15) is 0 Å². The number of benzene rings is 2. The van der Waals surface area contributed by atoms with Crippen LogP contribution in [0.2, 0.25) is 0 Å². The van der Waals surface area contributed by atoms with Crippen LogP contribution in [0.4, 0.5) is 0 Å². The maximum Gasteiger partial charge on any atom is 0.246 e. The van der Waals surface area contributed by atoms with E-state index in [4.69, 9.17) is 4.74 Å². The van der Waals surface area contributed by atoms with Gasteiger partial charge in [0.15, 0.2) is 0 Å². The van der Waals surface area contributed by atoms with Crippen LogP contribution in [-0.4, -0.2) is 78.7 Å². The van der Waals surface area contributed by atoms with Gasteiger partial charge in [0.25, 0.3) is 0 Å². The lowest BCUT2D eigenvalue weighted by Crippen LogP contribution is -2.61. The van der Waals surface area contributed by atoms with Gasteiger partial charge in [-0.25, -0.2) is 0 Å². The molecule has 0 bridgehead atoms. The molecule has 1 aliphatic rings. The number of para-hydroxylation sites is 1. The molecule has 2 unspecified atom stereocenters. The van der Waals surface area contributed by atoms with Crippen LogP contribution < -0.4 is 20.7 Å². The molecule has 40 heavy (non-hydrogen) atoms. The molecule has 1 aliphatic heterocycles. The fraction of sp³-hybridized carbons (Fsp3) is 0.516. The monoisotopic (exact) mass is 552 g/mol. The Morgan fingerprint density at radius 2 is 1.70 bits per heavy atom. The Morgan fingerprint density at radius 1 is 1.00 bits per heavy atom. The molecule has 0 saturated carbocycles. The number of aliphatic hydroxyl groups excluding tert-OH is 1. The molecule has 0 fully saturated rings. The molecule has 4 N–H and O–H groups in total. The molecular formula is C31H44N4O5. The van der Waals surface area contributed by atoms with E-state index in [0.717, 1.165) is 23.3 Å². The van der Waals surface area contributed by atoms with Crippen molar-refractivity contribution < 1.29 is 24.2 Å². The highest BCUT2D eigenvalue weighted by molar-refractivity contribution is 5.93. The molecule has 9 heteroatoms. The van der Waals surface area contributed by atoms with Gasteiger partial charge < -0.3 is 30.7 Å². The van der Waals surface area contributed by atoms with Crippen LogP contribution in [0.5, 0.6) is 5.75 Å². The second kappa shape index (κ2) is 15.4. The first-order valence-corrected chi connectivity index (χ1v) is 14.2. The summed E-state index contributed by atoms with van der Waals surface area (Å²) in [6.45, 7) is 6.67. The zero-order valence-electron chi connectivity index (χ0n) is 24.1. The molecule has 2 aromatic rings. The van der Waals surface area contributed by atoms with Gasteiger partial charge in [0.2, 0.25) is 17.7 Å². The Balaban J connectivity index is 1.92. The molecular weight excluding hydrogens is 508 g/mol. The fourth-order valence-corrected chi connectivity index (χ4v) is 5.00. The minimum absolute atomic E-state index is 0.0258. The highest BCUT2D eigenvalue weighted by Gasteiger charge is 2.37. The number of amides is 3. The number of likely N-dealkylation sites (N-methyl/N-ethyl adjacent to an activating group) is 1. The molecule has 2 aromatic carbocycles. The first-order chi connectivity index (χ1) is 19.2. The second-order valence-corrected chi connectivity index (χ2v) is 10.6. The minimum atomic E-state index is -1.17. The number of aliphatic hydroxyl groups is 1. The maximum atomic E-state index is 13.7. The Labute approximate surface area is 237 Å². The van der Waals surface area contributed by atoms with Crippen molar-refractivity contribution in [2.24, 2.45) is 5.92 Å². The van der Waals surface area contributed by atoms with Crippen LogP contribution >= 0.6 is 0 Å². The Bertz CT molecular complexity index is 1110. The van der Waals surface area contributed by atoms with Gasteiger partial charge in [-0.3, -0.25) is 14.4 Å². The van der Waals surface area contributed by atoms with Crippen LogP contribution in [0.3, 0.4) is 0 Å². The van der Waals surface area contributed by atoms with Crippen molar-refractivity contribution in [3.63, 3.8) is 0 Å². The molecule has 5 atom stereocenters. The van der Waals surface area contributed by atoms with E-state index in [1.54, 1.807) is 0 Å². The predicted octanol–water partition coefficient (Wildman–Crippen LogP) is 2.07. The fourth-order valence-electron chi connectivity index (χ4n) is 5.00. The number of rotatable bonds is 5. The lowest BCUT2D eigenvalue weighted by Gasteiger charge is -2.35. The smallest absolute Gasteiger partial charge is 0.246 e. The quantitative estimate of drug-likeness (QED) is 0.451. The van der Waals surface area contributed by atoms with Crippen molar-refractivity contribution in [3.05, 3.63) is 65.7 Å². The third-order valence-electron chi connectivity index (χ3n) is 7.50. The van der Waals surface area contributed by atoms with Crippen LogP contribution in [0, 0.1) is 5.92 Å². The molecule has 218 valence electrons. The molecule has 1 heterocycles. The average molecular weight is 553 g/mol. The maximum absolute atomic E-state index is 13.7. The lowest BCUT2D eigenvalue weighted by atomic mass is 9.96. The Kier molecular flexibility index (Phi) is 12.0. The summed E-state index contributed by atoms with van der Waals surface area (Å²) in [5.74, 6) is -0.449. The highest BCUT2D eigenvalue weighted by atomic mass is 16.5. The van der Waals surface area contributed by atoms with Crippen molar-refractivity contribution >= 4 is 17.7 Å². The van der Waals surface area contributed by atoms with Gasteiger partial charge in [0.1, 0.15) is 24.4 Å². The summed E-state index contributed by atoms with van der Waals surface area (Å²) in [4.78, 5) is 41.8. The van der Waals surface area contributed by atoms with E-state index in [-0.39, 0.29) is 24.2 Å². The summed E-state index contributed by atoms with van der Waals surface area (Å²) in [5, 5.41) is 19.7. The van der Waals surface area contributed by atoms with E-state index < -0.39 is 30.1 Å². The van der Waals surface area contributed by atoms with Gasteiger partial charge in [-0.05, 0) is 42.9 Å². The Hall–Kier alpha value is -3.43. The SMILES string of the molecule is CCC(C)[C@@H]1NCCOc2ccccc2CCCNC(=O)[C@@H](Cc2ccccc2)NC(=O)C([C@H](C)O)N(C)C1=O. The van der Waals surface area contributed by atoms with Crippen LogP contribution in [-0.2, 0) is 27.2 Å². The molecule has 0 aromatic heterocycles. The number of aryl methyl sites for hydroxylation is 1.